The molecule has 0 spiro atoms. The fourth-order valence-corrected chi connectivity index (χ4v) is 3.19. The number of fused-ring (bicyclic) bond motifs is 1. The van der Waals surface area contributed by atoms with E-state index < -0.39 is 0 Å². The second-order valence-electron chi connectivity index (χ2n) is 5.72. The topological polar surface area (TPSA) is 77.7 Å². The number of nitrogens with zero attached hydrogens (tertiary/aromatic N) is 3. The van der Waals surface area contributed by atoms with Crippen molar-refractivity contribution in [3.05, 3.63) is 47.9 Å². The molecule has 3 heterocycles. The van der Waals surface area contributed by atoms with Crippen LogP contribution in [-0.4, -0.2) is 44.3 Å². The van der Waals surface area contributed by atoms with E-state index in [0.29, 0.717) is 18.2 Å². The number of piperidine rings is 1. The van der Waals surface area contributed by atoms with Gasteiger partial charge in [-0.15, -0.1) is 0 Å². The Balaban J connectivity index is 1.60. The summed E-state index contributed by atoms with van der Waals surface area (Å²) < 4.78 is 0. The zero-order valence-electron chi connectivity index (χ0n) is 12.1. The van der Waals surface area contributed by atoms with E-state index in [1.807, 2.05) is 35.2 Å². The number of hydrogen-bond donors (Lipinski definition) is 2. The highest BCUT2D eigenvalue weighted by Crippen LogP contribution is 2.27. The number of hydrogen-bond acceptors (Lipinski definition) is 3. The van der Waals surface area contributed by atoms with E-state index >= 15 is 0 Å². The molecule has 22 heavy (non-hydrogen) atoms. The minimum absolute atomic E-state index is 0.00154. The lowest BCUT2D eigenvalue weighted by atomic mass is 9.94. The number of carbonyl (C=O) groups is 1. The summed E-state index contributed by atoms with van der Waals surface area (Å²) in [5.74, 6) is 0.326. The van der Waals surface area contributed by atoms with Gasteiger partial charge in [-0.2, -0.15) is 10.2 Å². The van der Waals surface area contributed by atoms with Crippen LogP contribution in [-0.2, 0) is 0 Å². The molecule has 0 bridgehead atoms. The minimum Gasteiger partial charge on any atom is -0.337 e. The first-order valence-corrected chi connectivity index (χ1v) is 7.54. The Morgan fingerprint density at radius 1 is 1.23 bits per heavy atom. The van der Waals surface area contributed by atoms with E-state index in [1.54, 1.807) is 6.20 Å². The van der Waals surface area contributed by atoms with Crippen molar-refractivity contribution in [3.63, 3.8) is 0 Å². The second kappa shape index (κ2) is 5.29. The first-order chi connectivity index (χ1) is 10.8. The summed E-state index contributed by atoms with van der Waals surface area (Å²) in [6.45, 7) is 1.49. The highest BCUT2D eigenvalue weighted by Gasteiger charge is 2.28. The van der Waals surface area contributed by atoms with Gasteiger partial charge in [-0.3, -0.25) is 15.0 Å². The number of H-pyrrole nitrogens is 2. The van der Waals surface area contributed by atoms with Gasteiger partial charge < -0.3 is 4.90 Å². The molecule has 0 radical (unpaired) electrons. The smallest absolute Gasteiger partial charge is 0.275 e. The van der Waals surface area contributed by atoms with Gasteiger partial charge in [0.25, 0.3) is 5.91 Å². The van der Waals surface area contributed by atoms with E-state index in [1.165, 1.54) is 0 Å². The second-order valence-corrected chi connectivity index (χ2v) is 5.72. The van der Waals surface area contributed by atoms with E-state index in [0.717, 1.165) is 36.0 Å². The van der Waals surface area contributed by atoms with Crippen LogP contribution >= 0.6 is 0 Å². The van der Waals surface area contributed by atoms with Crippen LogP contribution in [0.3, 0.4) is 0 Å². The first kappa shape index (κ1) is 13.1. The van der Waals surface area contributed by atoms with Crippen LogP contribution in [0.1, 0.15) is 34.9 Å². The Labute approximate surface area is 127 Å². The maximum absolute atomic E-state index is 12.8. The molecule has 1 amide bonds. The van der Waals surface area contributed by atoms with E-state index in [4.69, 9.17) is 0 Å². The highest BCUT2D eigenvalue weighted by molar-refractivity contribution is 6.04. The monoisotopic (exact) mass is 295 g/mol. The summed E-state index contributed by atoms with van der Waals surface area (Å²) in [6, 6.07) is 9.72. The average Bonchev–Trinajstić information content (AvgIpc) is 3.24. The molecule has 1 atom stereocenters. The third-order valence-corrected chi connectivity index (χ3v) is 4.34. The summed E-state index contributed by atoms with van der Waals surface area (Å²) >= 11 is 0. The normalized spacial score (nSPS) is 18.7. The third kappa shape index (κ3) is 2.16. The first-order valence-electron chi connectivity index (χ1n) is 7.54. The van der Waals surface area contributed by atoms with Crippen molar-refractivity contribution in [2.75, 3.05) is 13.1 Å². The van der Waals surface area contributed by atoms with Crippen molar-refractivity contribution >= 4 is 16.8 Å². The molecule has 1 aromatic carbocycles. The maximum Gasteiger partial charge on any atom is 0.275 e. The molecule has 1 saturated heterocycles. The molecule has 0 saturated carbocycles. The zero-order valence-corrected chi connectivity index (χ0v) is 12.1. The molecular formula is C16H17N5O. The predicted octanol–water partition coefficient (Wildman–Crippen LogP) is 2.31. The lowest BCUT2D eigenvalue weighted by Gasteiger charge is -2.31. The van der Waals surface area contributed by atoms with Gasteiger partial charge in [-0.25, -0.2) is 0 Å². The molecule has 1 aliphatic rings. The molecule has 1 aliphatic heterocycles. The number of likely N-dealkylation sites (tertiary alicyclic amines) is 1. The van der Waals surface area contributed by atoms with Gasteiger partial charge in [-0.05, 0) is 25.0 Å². The molecule has 4 rings (SSSR count). The van der Waals surface area contributed by atoms with Crippen LogP contribution in [0.2, 0.25) is 0 Å². The van der Waals surface area contributed by atoms with Crippen LogP contribution in [0, 0.1) is 0 Å². The molecular weight excluding hydrogens is 278 g/mol. The SMILES string of the molecule is O=C(c1n[nH]c2ccccc12)N1CCCC(c2ccn[nH]2)C1. The number of nitrogens with one attached hydrogen (secondary N) is 2. The van der Waals surface area contributed by atoms with Crippen LogP contribution in [0.5, 0.6) is 0 Å². The van der Waals surface area contributed by atoms with Crippen molar-refractivity contribution in [2.45, 2.75) is 18.8 Å². The van der Waals surface area contributed by atoms with Gasteiger partial charge in [0, 0.05) is 36.3 Å². The van der Waals surface area contributed by atoms with Crippen molar-refractivity contribution < 1.29 is 4.79 Å². The Hall–Kier alpha value is -2.63. The van der Waals surface area contributed by atoms with E-state index in [9.17, 15) is 4.79 Å². The molecule has 2 N–H and O–H groups in total. The summed E-state index contributed by atoms with van der Waals surface area (Å²) in [6.07, 6.45) is 3.84. The van der Waals surface area contributed by atoms with Gasteiger partial charge in [0.15, 0.2) is 5.69 Å². The number of aromatic amines is 2. The van der Waals surface area contributed by atoms with E-state index in [-0.39, 0.29) is 5.91 Å². The lowest BCUT2D eigenvalue weighted by Crippen LogP contribution is -2.39. The Bertz CT molecular complexity index is 792. The average molecular weight is 295 g/mol. The van der Waals surface area contributed by atoms with Crippen molar-refractivity contribution in [2.24, 2.45) is 0 Å². The number of carbonyl (C=O) groups excluding carboxylic acids is 1. The van der Waals surface area contributed by atoms with Gasteiger partial charge in [-0.1, -0.05) is 18.2 Å². The summed E-state index contributed by atoms with van der Waals surface area (Å²) in [5.41, 5.74) is 2.51. The summed E-state index contributed by atoms with van der Waals surface area (Å²) in [7, 11) is 0. The standard InChI is InChI=1S/C16H17N5O/c22-16(15-12-5-1-2-6-14(12)19-20-15)21-9-3-4-11(10-21)13-7-8-17-18-13/h1-2,5-8,11H,3-4,9-10H2,(H,17,18)(H,19,20). The van der Waals surface area contributed by atoms with Gasteiger partial charge in [0.05, 0.1) is 5.52 Å². The largest absolute Gasteiger partial charge is 0.337 e. The van der Waals surface area contributed by atoms with Crippen LogP contribution in [0.4, 0.5) is 0 Å². The number of amides is 1. The Morgan fingerprint density at radius 2 is 2.14 bits per heavy atom. The fraction of sp³-hybridized carbons (Fsp3) is 0.312. The fourth-order valence-electron chi connectivity index (χ4n) is 3.19. The lowest BCUT2D eigenvalue weighted by molar-refractivity contribution is 0.0702. The predicted molar refractivity (Wildman–Crippen MR) is 82.6 cm³/mol. The molecule has 3 aromatic rings. The summed E-state index contributed by atoms with van der Waals surface area (Å²) in [5, 5.41) is 15.1. The summed E-state index contributed by atoms with van der Waals surface area (Å²) in [4.78, 5) is 14.7. The van der Waals surface area contributed by atoms with E-state index in [2.05, 4.69) is 20.4 Å². The molecule has 2 aromatic heterocycles. The molecule has 1 unspecified atom stereocenters. The molecule has 0 aliphatic carbocycles. The minimum atomic E-state index is 0.00154. The van der Waals surface area contributed by atoms with Crippen molar-refractivity contribution in [3.8, 4) is 0 Å². The van der Waals surface area contributed by atoms with Gasteiger partial charge in [0.1, 0.15) is 0 Å². The maximum atomic E-state index is 12.8. The highest BCUT2D eigenvalue weighted by atomic mass is 16.2. The van der Waals surface area contributed by atoms with Crippen LogP contribution < -0.4 is 0 Å². The Kier molecular flexibility index (Phi) is 3.14. The zero-order chi connectivity index (χ0) is 14.9. The van der Waals surface area contributed by atoms with Crippen LogP contribution in [0.25, 0.3) is 10.9 Å². The third-order valence-electron chi connectivity index (χ3n) is 4.34. The van der Waals surface area contributed by atoms with Gasteiger partial charge >= 0.3 is 0 Å². The molecule has 112 valence electrons. The number of benzene rings is 1. The molecule has 6 heteroatoms. The van der Waals surface area contributed by atoms with Crippen molar-refractivity contribution in [1.29, 1.82) is 0 Å². The number of rotatable bonds is 2. The molecule has 1 fully saturated rings. The Morgan fingerprint density at radius 3 is 3.00 bits per heavy atom. The van der Waals surface area contributed by atoms with Crippen molar-refractivity contribution in [1.82, 2.24) is 25.3 Å². The molecule has 6 nitrogen and oxygen atoms in total. The quantitative estimate of drug-likeness (QED) is 0.761. The van der Waals surface area contributed by atoms with Gasteiger partial charge in [0.2, 0.25) is 0 Å². The number of para-hydroxylation sites is 1. The van der Waals surface area contributed by atoms with Crippen LogP contribution in [0.15, 0.2) is 36.5 Å². The number of aromatic nitrogens is 4.